The Morgan fingerprint density at radius 3 is 2.33 bits per heavy atom. The summed E-state index contributed by atoms with van der Waals surface area (Å²) >= 11 is 0. The van der Waals surface area contributed by atoms with Gasteiger partial charge in [0.05, 0.1) is 0 Å². The van der Waals surface area contributed by atoms with Crippen molar-refractivity contribution in [1.29, 1.82) is 0 Å². The van der Waals surface area contributed by atoms with E-state index in [1.54, 1.807) is 0 Å². The molecule has 0 saturated heterocycles. The Kier molecular flexibility index (Phi) is 8.00. The van der Waals surface area contributed by atoms with E-state index in [1.165, 1.54) is 19.3 Å². The van der Waals surface area contributed by atoms with Crippen LogP contribution in [0.25, 0.3) is 0 Å². The maximum Gasteiger partial charge on any atom is 0.407 e. The van der Waals surface area contributed by atoms with Crippen molar-refractivity contribution in [3.8, 4) is 0 Å². The van der Waals surface area contributed by atoms with Gasteiger partial charge in [-0.15, -0.1) is 0 Å². The number of carbonyl (C=O) groups excluding carboxylic acids is 1. The van der Waals surface area contributed by atoms with E-state index < -0.39 is 5.60 Å². The van der Waals surface area contributed by atoms with Gasteiger partial charge in [0.25, 0.3) is 0 Å². The number of carbonyl (C=O) groups is 1. The molecule has 4 nitrogen and oxygen atoms in total. The predicted molar refractivity (Wildman–Crippen MR) is 75.8 cm³/mol. The van der Waals surface area contributed by atoms with E-state index >= 15 is 0 Å². The Morgan fingerprint density at radius 1 is 1.22 bits per heavy atom. The zero-order valence-electron chi connectivity index (χ0n) is 12.8. The maximum atomic E-state index is 11.5. The first-order valence-corrected chi connectivity index (χ1v) is 6.97. The fraction of sp³-hybridized carbons (Fsp3) is 0.929. The van der Waals surface area contributed by atoms with Crippen molar-refractivity contribution >= 4 is 6.09 Å². The van der Waals surface area contributed by atoms with E-state index in [-0.39, 0.29) is 12.1 Å². The maximum absolute atomic E-state index is 11.5. The third kappa shape index (κ3) is 10.4. The Morgan fingerprint density at radius 2 is 1.83 bits per heavy atom. The summed E-state index contributed by atoms with van der Waals surface area (Å²) in [6.07, 6.45) is 3.28. The number of hydrogen-bond acceptors (Lipinski definition) is 3. The molecule has 4 heteroatoms. The fourth-order valence-electron chi connectivity index (χ4n) is 1.69. The highest BCUT2D eigenvalue weighted by Gasteiger charge is 2.16. The van der Waals surface area contributed by atoms with Crippen LogP contribution in [0.15, 0.2) is 0 Å². The summed E-state index contributed by atoms with van der Waals surface area (Å²) < 4.78 is 5.18. The molecule has 0 aromatic carbocycles. The van der Waals surface area contributed by atoms with Gasteiger partial charge in [-0.25, -0.2) is 4.79 Å². The third-order valence-electron chi connectivity index (χ3n) is 2.51. The normalized spacial score (nSPS) is 15.0. The Labute approximate surface area is 112 Å². The van der Waals surface area contributed by atoms with Crippen LogP contribution in [0, 0.1) is 0 Å². The first-order chi connectivity index (χ1) is 8.24. The number of nitrogens with one attached hydrogen (secondary N) is 2. The largest absolute Gasteiger partial charge is 0.444 e. The molecule has 108 valence electrons. The second kappa shape index (κ2) is 8.35. The number of amides is 1. The number of alkyl carbamates (subject to hydrolysis) is 1. The van der Waals surface area contributed by atoms with Gasteiger partial charge in [-0.2, -0.15) is 0 Å². The lowest BCUT2D eigenvalue weighted by atomic mass is 10.1. The van der Waals surface area contributed by atoms with Crippen LogP contribution < -0.4 is 10.6 Å². The van der Waals surface area contributed by atoms with Crippen molar-refractivity contribution in [2.75, 3.05) is 6.54 Å². The first kappa shape index (κ1) is 17.2. The Bertz CT molecular complexity index is 236. The molecule has 0 radical (unpaired) electrons. The zero-order chi connectivity index (χ0) is 14.2. The molecule has 0 fully saturated rings. The van der Waals surface area contributed by atoms with Crippen LogP contribution in [0.5, 0.6) is 0 Å². The van der Waals surface area contributed by atoms with Crippen LogP contribution in [0.1, 0.15) is 60.8 Å². The van der Waals surface area contributed by atoms with E-state index in [0.29, 0.717) is 12.6 Å². The minimum absolute atomic E-state index is 0.254. The van der Waals surface area contributed by atoms with Gasteiger partial charge in [0.2, 0.25) is 0 Å². The van der Waals surface area contributed by atoms with Gasteiger partial charge in [0.1, 0.15) is 5.60 Å². The predicted octanol–water partition coefficient (Wildman–Crippen LogP) is 3.07. The minimum atomic E-state index is -0.435. The lowest BCUT2D eigenvalue weighted by Gasteiger charge is -2.23. The molecule has 0 heterocycles. The average Bonchev–Trinajstić information content (AvgIpc) is 2.21. The van der Waals surface area contributed by atoms with Crippen LogP contribution in [-0.4, -0.2) is 30.3 Å². The van der Waals surface area contributed by atoms with Gasteiger partial charge in [-0.05, 0) is 41.0 Å². The summed E-state index contributed by atoms with van der Waals surface area (Å²) in [6.45, 7) is 12.6. The molecule has 1 amide bonds. The fourth-order valence-corrected chi connectivity index (χ4v) is 1.69. The molecular weight excluding hydrogens is 228 g/mol. The molecule has 0 aliphatic heterocycles. The molecular formula is C14H30N2O2. The first-order valence-electron chi connectivity index (χ1n) is 6.97. The van der Waals surface area contributed by atoms with E-state index in [1.807, 2.05) is 20.8 Å². The van der Waals surface area contributed by atoms with Crippen molar-refractivity contribution in [2.45, 2.75) is 78.5 Å². The molecule has 0 spiro atoms. The van der Waals surface area contributed by atoms with Crippen molar-refractivity contribution in [1.82, 2.24) is 10.6 Å². The quantitative estimate of drug-likeness (QED) is 0.738. The highest BCUT2D eigenvalue weighted by atomic mass is 16.6. The molecule has 2 atom stereocenters. The zero-order valence-corrected chi connectivity index (χ0v) is 12.8. The minimum Gasteiger partial charge on any atom is -0.444 e. The van der Waals surface area contributed by atoms with E-state index in [2.05, 4.69) is 31.4 Å². The standard InChI is InChI=1S/C14H30N2O2/c1-7-8-9-11(2)16-12(3)10-15-13(17)18-14(4,5)6/h11-12,16H,7-10H2,1-6H3,(H,15,17). The van der Waals surface area contributed by atoms with Gasteiger partial charge < -0.3 is 15.4 Å². The van der Waals surface area contributed by atoms with E-state index in [0.717, 1.165) is 0 Å². The lowest BCUT2D eigenvalue weighted by molar-refractivity contribution is 0.0522. The van der Waals surface area contributed by atoms with Crippen LogP contribution in [0.2, 0.25) is 0 Å². The Hall–Kier alpha value is -0.770. The molecule has 18 heavy (non-hydrogen) atoms. The second-order valence-electron chi connectivity index (χ2n) is 5.99. The van der Waals surface area contributed by atoms with Gasteiger partial charge in [0.15, 0.2) is 0 Å². The number of hydrogen-bond donors (Lipinski definition) is 2. The monoisotopic (exact) mass is 258 g/mol. The summed E-state index contributed by atoms with van der Waals surface area (Å²) in [4.78, 5) is 11.5. The second-order valence-corrected chi connectivity index (χ2v) is 5.99. The molecule has 0 aromatic rings. The van der Waals surface area contributed by atoms with E-state index in [9.17, 15) is 4.79 Å². The SMILES string of the molecule is CCCCC(C)NC(C)CNC(=O)OC(C)(C)C. The third-order valence-corrected chi connectivity index (χ3v) is 2.51. The van der Waals surface area contributed by atoms with Crippen molar-refractivity contribution in [2.24, 2.45) is 0 Å². The summed E-state index contributed by atoms with van der Waals surface area (Å²) in [5.41, 5.74) is -0.435. The van der Waals surface area contributed by atoms with Gasteiger partial charge in [-0.3, -0.25) is 0 Å². The van der Waals surface area contributed by atoms with Crippen LogP contribution in [0.4, 0.5) is 4.79 Å². The summed E-state index contributed by atoms with van der Waals surface area (Å²) in [5, 5.41) is 6.24. The van der Waals surface area contributed by atoms with E-state index in [4.69, 9.17) is 4.74 Å². The smallest absolute Gasteiger partial charge is 0.407 e. The van der Waals surface area contributed by atoms with Gasteiger partial charge in [0, 0.05) is 18.6 Å². The number of rotatable bonds is 7. The van der Waals surface area contributed by atoms with Gasteiger partial charge >= 0.3 is 6.09 Å². The van der Waals surface area contributed by atoms with Crippen LogP contribution in [-0.2, 0) is 4.74 Å². The van der Waals surface area contributed by atoms with Crippen molar-refractivity contribution in [3.63, 3.8) is 0 Å². The van der Waals surface area contributed by atoms with Crippen molar-refractivity contribution < 1.29 is 9.53 Å². The molecule has 0 bridgehead atoms. The molecule has 0 saturated carbocycles. The lowest BCUT2D eigenvalue weighted by Crippen LogP contribution is -2.44. The topological polar surface area (TPSA) is 50.4 Å². The summed E-state index contributed by atoms with van der Waals surface area (Å²) in [5.74, 6) is 0. The van der Waals surface area contributed by atoms with Crippen molar-refractivity contribution in [3.05, 3.63) is 0 Å². The molecule has 2 N–H and O–H groups in total. The average molecular weight is 258 g/mol. The molecule has 0 aliphatic rings. The summed E-state index contributed by atoms with van der Waals surface area (Å²) in [7, 11) is 0. The van der Waals surface area contributed by atoms with Crippen LogP contribution in [0.3, 0.4) is 0 Å². The highest BCUT2D eigenvalue weighted by molar-refractivity contribution is 5.67. The summed E-state index contributed by atoms with van der Waals surface area (Å²) in [6, 6.07) is 0.741. The Balaban J connectivity index is 3.76. The molecule has 2 unspecified atom stereocenters. The van der Waals surface area contributed by atoms with Crippen LogP contribution >= 0.6 is 0 Å². The number of unbranched alkanes of at least 4 members (excludes halogenated alkanes) is 1. The number of ether oxygens (including phenoxy) is 1. The molecule has 0 aromatic heterocycles. The van der Waals surface area contributed by atoms with Gasteiger partial charge in [-0.1, -0.05) is 19.8 Å². The highest BCUT2D eigenvalue weighted by Crippen LogP contribution is 2.06. The molecule has 0 aliphatic carbocycles. The molecule has 0 rings (SSSR count).